The van der Waals surface area contributed by atoms with Gasteiger partial charge in [0.2, 0.25) is 0 Å². The number of non-ortho nitro benzene ring substituents is 1. The van der Waals surface area contributed by atoms with E-state index in [-0.39, 0.29) is 30.8 Å². The van der Waals surface area contributed by atoms with E-state index in [1.54, 1.807) is 27.7 Å². The van der Waals surface area contributed by atoms with Crippen molar-refractivity contribution in [2.45, 2.75) is 33.7 Å². The molecule has 0 bridgehead atoms. The van der Waals surface area contributed by atoms with Gasteiger partial charge in [-0.1, -0.05) is 0 Å². The number of rotatable bonds is 6. The van der Waals surface area contributed by atoms with E-state index in [0.29, 0.717) is 11.1 Å². The van der Waals surface area contributed by atoms with Crippen LogP contribution in [-0.2, 0) is 9.53 Å². The summed E-state index contributed by atoms with van der Waals surface area (Å²) >= 11 is 0. The monoisotopic (exact) mass is 308 g/mol. The first-order valence-corrected chi connectivity index (χ1v) is 6.99. The van der Waals surface area contributed by atoms with Crippen LogP contribution in [0.3, 0.4) is 0 Å². The molecule has 0 atom stereocenters. The molecule has 0 radical (unpaired) electrons. The molecular weight excluding hydrogens is 288 g/mol. The Balaban J connectivity index is 3.04. The van der Waals surface area contributed by atoms with E-state index in [2.05, 4.69) is 0 Å². The second kappa shape index (κ2) is 7.53. The molecule has 120 valence electrons. The van der Waals surface area contributed by atoms with E-state index in [4.69, 9.17) is 4.74 Å². The Kier molecular flexibility index (Phi) is 6.03. The highest BCUT2D eigenvalue weighted by molar-refractivity contribution is 5.97. The molecule has 0 aromatic heterocycles. The van der Waals surface area contributed by atoms with Crippen molar-refractivity contribution in [3.05, 3.63) is 39.4 Å². The lowest BCUT2D eigenvalue weighted by atomic mass is 10.1. The molecular formula is C15H20N2O5. The van der Waals surface area contributed by atoms with Crippen LogP contribution in [0.15, 0.2) is 18.2 Å². The molecule has 1 aromatic carbocycles. The maximum absolute atomic E-state index is 12.6. The van der Waals surface area contributed by atoms with Crippen LogP contribution in [0.1, 0.15) is 36.7 Å². The summed E-state index contributed by atoms with van der Waals surface area (Å²) < 4.78 is 4.87. The largest absolute Gasteiger partial charge is 0.465 e. The number of aryl methyl sites for hydroxylation is 1. The van der Waals surface area contributed by atoms with E-state index in [0.717, 1.165) is 0 Å². The van der Waals surface area contributed by atoms with Gasteiger partial charge in [0.25, 0.3) is 11.6 Å². The molecule has 7 nitrogen and oxygen atoms in total. The fourth-order valence-electron chi connectivity index (χ4n) is 1.99. The van der Waals surface area contributed by atoms with Crippen LogP contribution in [0, 0.1) is 17.0 Å². The van der Waals surface area contributed by atoms with E-state index in [1.165, 1.54) is 23.1 Å². The molecule has 0 spiro atoms. The summed E-state index contributed by atoms with van der Waals surface area (Å²) in [6.07, 6.45) is 0. The minimum Gasteiger partial charge on any atom is -0.465 e. The number of esters is 1. The van der Waals surface area contributed by atoms with Crippen LogP contribution in [0.4, 0.5) is 5.69 Å². The van der Waals surface area contributed by atoms with E-state index < -0.39 is 10.9 Å². The maximum Gasteiger partial charge on any atom is 0.325 e. The van der Waals surface area contributed by atoms with Gasteiger partial charge in [-0.05, 0) is 39.3 Å². The molecule has 1 aromatic rings. The van der Waals surface area contributed by atoms with Gasteiger partial charge in [0.05, 0.1) is 11.5 Å². The predicted octanol–water partition coefficient (Wildman–Crippen LogP) is 2.32. The van der Waals surface area contributed by atoms with Crippen LogP contribution in [0.25, 0.3) is 0 Å². The summed E-state index contributed by atoms with van der Waals surface area (Å²) in [7, 11) is 0. The summed E-state index contributed by atoms with van der Waals surface area (Å²) in [5, 5.41) is 10.7. The topological polar surface area (TPSA) is 89.8 Å². The van der Waals surface area contributed by atoms with Crippen LogP contribution in [0.5, 0.6) is 0 Å². The molecule has 0 fully saturated rings. The third-order valence-electron chi connectivity index (χ3n) is 3.14. The van der Waals surface area contributed by atoms with Crippen molar-refractivity contribution in [2.75, 3.05) is 13.2 Å². The average molecular weight is 308 g/mol. The van der Waals surface area contributed by atoms with Gasteiger partial charge >= 0.3 is 5.97 Å². The van der Waals surface area contributed by atoms with Gasteiger partial charge in [-0.25, -0.2) is 0 Å². The van der Waals surface area contributed by atoms with E-state index in [9.17, 15) is 19.7 Å². The molecule has 0 unspecified atom stereocenters. The third kappa shape index (κ3) is 4.28. The van der Waals surface area contributed by atoms with Crippen LogP contribution in [0.2, 0.25) is 0 Å². The van der Waals surface area contributed by atoms with Crippen LogP contribution in [-0.4, -0.2) is 40.9 Å². The Morgan fingerprint density at radius 2 is 2.00 bits per heavy atom. The maximum atomic E-state index is 12.6. The first kappa shape index (κ1) is 17.6. The van der Waals surface area contributed by atoms with Crippen LogP contribution < -0.4 is 0 Å². The van der Waals surface area contributed by atoms with Crippen molar-refractivity contribution in [1.82, 2.24) is 4.90 Å². The molecule has 0 saturated heterocycles. The Labute approximate surface area is 129 Å². The number of benzene rings is 1. The molecule has 22 heavy (non-hydrogen) atoms. The van der Waals surface area contributed by atoms with Gasteiger partial charge < -0.3 is 9.64 Å². The predicted molar refractivity (Wildman–Crippen MR) is 80.6 cm³/mol. The second-order valence-electron chi connectivity index (χ2n) is 5.09. The summed E-state index contributed by atoms with van der Waals surface area (Å²) in [5.41, 5.74) is 0.757. The minimum absolute atomic E-state index is 0.0736. The first-order valence-electron chi connectivity index (χ1n) is 6.99. The van der Waals surface area contributed by atoms with Gasteiger partial charge in [0, 0.05) is 23.7 Å². The number of ether oxygens (including phenoxy) is 1. The zero-order chi connectivity index (χ0) is 16.9. The average Bonchev–Trinajstić information content (AvgIpc) is 2.43. The first-order chi connectivity index (χ1) is 10.3. The molecule has 1 amide bonds. The number of hydrogen-bond acceptors (Lipinski definition) is 5. The van der Waals surface area contributed by atoms with Crippen molar-refractivity contribution < 1.29 is 19.2 Å². The Hall–Kier alpha value is -2.44. The van der Waals surface area contributed by atoms with E-state index in [1.807, 2.05) is 0 Å². The van der Waals surface area contributed by atoms with Crippen LogP contribution >= 0.6 is 0 Å². The number of carbonyl (C=O) groups excluding carboxylic acids is 2. The van der Waals surface area contributed by atoms with Gasteiger partial charge in [-0.2, -0.15) is 0 Å². The van der Waals surface area contributed by atoms with Gasteiger partial charge in [0.1, 0.15) is 6.54 Å². The SMILES string of the molecule is CCOC(=O)CN(C(=O)c1ccc([N+](=O)[O-])cc1C)C(C)C. The zero-order valence-corrected chi connectivity index (χ0v) is 13.2. The number of nitro groups is 1. The zero-order valence-electron chi connectivity index (χ0n) is 13.2. The third-order valence-corrected chi connectivity index (χ3v) is 3.14. The summed E-state index contributed by atoms with van der Waals surface area (Å²) in [6, 6.07) is 3.83. The second-order valence-corrected chi connectivity index (χ2v) is 5.09. The minimum atomic E-state index is -0.514. The van der Waals surface area contributed by atoms with Crippen molar-refractivity contribution >= 4 is 17.6 Å². The number of nitrogens with zero attached hydrogens (tertiary/aromatic N) is 2. The van der Waals surface area contributed by atoms with Gasteiger partial charge in [-0.3, -0.25) is 19.7 Å². The molecule has 7 heteroatoms. The normalized spacial score (nSPS) is 10.4. The Morgan fingerprint density at radius 1 is 1.36 bits per heavy atom. The van der Waals surface area contributed by atoms with Gasteiger partial charge in [0.15, 0.2) is 0 Å². The standard InChI is InChI=1S/C15H20N2O5/c1-5-22-14(18)9-16(10(2)3)15(19)13-7-6-12(17(20)21)8-11(13)4/h6-8,10H,5,9H2,1-4H3. The van der Waals surface area contributed by atoms with Crippen molar-refractivity contribution in [1.29, 1.82) is 0 Å². The molecule has 0 aliphatic rings. The summed E-state index contributed by atoms with van der Waals surface area (Å²) in [6.45, 7) is 7.00. The summed E-state index contributed by atoms with van der Waals surface area (Å²) in [4.78, 5) is 35.8. The molecule has 0 saturated carbocycles. The molecule has 0 aliphatic carbocycles. The van der Waals surface area contributed by atoms with E-state index >= 15 is 0 Å². The lowest BCUT2D eigenvalue weighted by Gasteiger charge is -2.26. The molecule has 0 aliphatic heterocycles. The number of hydrogen-bond donors (Lipinski definition) is 0. The lowest BCUT2D eigenvalue weighted by Crippen LogP contribution is -2.41. The van der Waals surface area contributed by atoms with Gasteiger partial charge in [-0.15, -0.1) is 0 Å². The highest BCUT2D eigenvalue weighted by atomic mass is 16.6. The van der Waals surface area contributed by atoms with Crippen molar-refractivity contribution in [3.8, 4) is 0 Å². The van der Waals surface area contributed by atoms with Crippen molar-refractivity contribution in [3.63, 3.8) is 0 Å². The fourth-order valence-corrected chi connectivity index (χ4v) is 1.99. The molecule has 0 N–H and O–H groups in total. The Bertz CT molecular complexity index is 583. The number of nitro benzene ring substituents is 1. The highest BCUT2D eigenvalue weighted by Gasteiger charge is 2.24. The lowest BCUT2D eigenvalue weighted by molar-refractivity contribution is -0.384. The smallest absolute Gasteiger partial charge is 0.325 e. The molecule has 1 rings (SSSR count). The fraction of sp³-hybridized carbons (Fsp3) is 0.467. The Morgan fingerprint density at radius 3 is 2.45 bits per heavy atom. The molecule has 0 heterocycles. The highest BCUT2D eigenvalue weighted by Crippen LogP contribution is 2.19. The number of carbonyl (C=O) groups is 2. The number of amides is 1. The van der Waals surface area contributed by atoms with Crippen molar-refractivity contribution in [2.24, 2.45) is 0 Å². The quantitative estimate of drug-likeness (QED) is 0.457. The summed E-state index contributed by atoms with van der Waals surface area (Å²) in [5.74, 6) is -0.834.